The molecule has 0 aliphatic carbocycles. The molecule has 1 saturated heterocycles. The number of rotatable bonds is 6. The number of carbonyl (C=O) groups is 1. The number of amides is 1. The Balaban J connectivity index is 1.97. The second-order valence-electron chi connectivity index (χ2n) is 5.24. The maximum atomic E-state index is 12.4. The molecule has 2 rings (SSSR count). The second-order valence-corrected chi connectivity index (χ2v) is 5.24. The number of anilines is 1. The lowest BCUT2D eigenvalue weighted by Gasteiger charge is -2.31. The lowest BCUT2D eigenvalue weighted by Crippen LogP contribution is -2.49. The van der Waals surface area contributed by atoms with Gasteiger partial charge in [-0.05, 0) is 18.6 Å². The Bertz CT molecular complexity index is 401. The van der Waals surface area contributed by atoms with Gasteiger partial charge in [-0.2, -0.15) is 0 Å². The number of unbranched alkanes of at least 4 members (excludes halogenated alkanes) is 1. The topological polar surface area (TPSA) is 35.6 Å². The third kappa shape index (κ3) is 4.23. The summed E-state index contributed by atoms with van der Waals surface area (Å²) in [5, 5.41) is 3.28. The largest absolute Gasteiger partial charge is 0.362 e. The van der Waals surface area contributed by atoms with E-state index in [1.165, 1.54) is 0 Å². The molecular formula is C16H25N3O. The van der Waals surface area contributed by atoms with E-state index in [9.17, 15) is 4.79 Å². The Morgan fingerprint density at radius 3 is 2.60 bits per heavy atom. The third-order valence-corrected chi connectivity index (χ3v) is 3.70. The highest BCUT2D eigenvalue weighted by Crippen LogP contribution is 2.14. The molecule has 0 aromatic heterocycles. The zero-order valence-electron chi connectivity index (χ0n) is 12.3. The highest BCUT2D eigenvalue weighted by molar-refractivity contribution is 5.81. The van der Waals surface area contributed by atoms with Crippen LogP contribution in [-0.2, 0) is 4.79 Å². The summed E-state index contributed by atoms with van der Waals surface area (Å²) in [5.41, 5.74) is 1.14. The molecule has 1 aromatic rings. The van der Waals surface area contributed by atoms with Crippen LogP contribution >= 0.6 is 0 Å². The molecule has 1 amide bonds. The minimum atomic E-state index is 0.242. The third-order valence-electron chi connectivity index (χ3n) is 3.70. The summed E-state index contributed by atoms with van der Waals surface area (Å²) in [6, 6.07) is 10.2. The molecule has 1 fully saturated rings. The van der Waals surface area contributed by atoms with Gasteiger partial charge in [0.1, 0.15) is 0 Å². The first-order chi connectivity index (χ1) is 9.81. The van der Waals surface area contributed by atoms with Gasteiger partial charge in [0.25, 0.3) is 0 Å². The lowest BCUT2D eigenvalue weighted by atomic mass is 10.2. The Hall–Kier alpha value is -1.55. The van der Waals surface area contributed by atoms with Crippen LogP contribution in [0.25, 0.3) is 0 Å². The van der Waals surface area contributed by atoms with Gasteiger partial charge in [0.15, 0.2) is 0 Å². The van der Waals surface area contributed by atoms with E-state index in [2.05, 4.69) is 29.3 Å². The van der Waals surface area contributed by atoms with Crippen LogP contribution in [0.3, 0.4) is 0 Å². The van der Waals surface area contributed by atoms with Crippen molar-refractivity contribution in [3.05, 3.63) is 30.3 Å². The van der Waals surface area contributed by atoms with E-state index in [1.54, 1.807) is 0 Å². The van der Waals surface area contributed by atoms with E-state index >= 15 is 0 Å². The highest BCUT2D eigenvalue weighted by Gasteiger charge is 2.19. The van der Waals surface area contributed by atoms with Crippen molar-refractivity contribution in [2.45, 2.75) is 19.8 Å². The van der Waals surface area contributed by atoms with Crippen molar-refractivity contribution in [1.29, 1.82) is 0 Å². The number of carbonyl (C=O) groups excluding carboxylic acids is 1. The molecule has 1 N–H and O–H groups in total. The minimum Gasteiger partial charge on any atom is -0.362 e. The Morgan fingerprint density at radius 1 is 1.25 bits per heavy atom. The Kier molecular flexibility index (Phi) is 5.87. The van der Waals surface area contributed by atoms with Crippen molar-refractivity contribution in [3.8, 4) is 0 Å². The average Bonchev–Trinajstić information content (AvgIpc) is 2.53. The van der Waals surface area contributed by atoms with Crippen molar-refractivity contribution in [3.63, 3.8) is 0 Å². The van der Waals surface area contributed by atoms with Gasteiger partial charge in [0.2, 0.25) is 5.91 Å². The zero-order chi connectivity index (χ0) is 14.2. The lowest BCUT2D eigenvalue weighted by molar-refractivity contribution is -0.130. The summed E-state index contributed by atoms with van der Waals surface area (Å²) < 4.78 is 0. The van der Waals surface area contributed by atoms with Crippen molar-refractivity contribution in [2.24, 2.45) is 0 Å². The number of nitrogens with zero attached hydrogens (tertiary/aromatic N) is 2. The molecule has 0 spiro atoms. The quantitative estimate of drug-likeness (QED) is 0.859. The molecule has 1 aliphatic heterocycles. The molecule has 1 aliphatic rings. The predicted octanol–water partition coefficient (Wildman–Crippen LogP) is 1.72. The first kappa shape index (κ1) is 14.9. The van der Waals surface area contributed by atoms with Crippen LogP contribution < -0.4 is 10.2 Å². The zero-order valence-corrected chi connectivity index (χ0v) is 12.3. The highest BCUT2D eigenvalue weighted by atomic mass is 16.2. The van der Waals surface area contributed by atoms with Gasteiger partial charge >= 0.3 is 0 Å². The molecule has 4 nitrogen and oxygen atoms in total. The van der Waals surface area contributed by atoms with Gasteiger partial charge < -0.3 is 15.1 Å². The van der Waals surface area contributed by atoms with E-state index < -0.39 is 0 Å². The maximum Gasteiger partial charge on any atom is 0.242 e. The summed E-state index contributed by atoms with van der Waals surface area (Å²) in [7, 11) is 0. The molecule has 0 bridgehead atoms. The standard InChI is InChI=1S/C16H25N3O/c1-2-3-11-19(15-7-5-4-6-8-15)14-16(20)18-12-9-17-10-13-18/h4-8,17H,2-3,9-14H2,1H3. The molecule has 20 heavy (non-hydrogen) atoms. The van der Waals surface area contributed by atoms with Crippen LogP contribution in [-0.4, -0.2) is 50.1 Å². The maximum absolute atomic E-state index is 12.4. The molecular weight excluding hydrogens is 250 g/mol. The van der Waals surface area contributed by atoms with Gasteiger partial charge in [-0.3, -0.25) is 4.79 Å². The molecule has 1 heterocycles. The van der Waals surface area contributed by atoms with Crippen LogP contribution in [0.4, 0.5) is 5.69 Å². The number of hydrogen-bond donors (Lipinski definition) is 1. The molecule has 4 heteroatoms. The van der Waals surface area contributed by atoms with Gasteiger partial charge in [0.05, 0.1) is 6.54 Å². The molecule has 0 unspecified atom stereocenters. The van der Waals surface area contributed by atoms with Crippen LogP contribution in [0, 0.1) is 0 Å². The van der Waals surface area contributed by atoms with E-state index in [4.69, 9.17) is 0 Å². The monoisotopic (exact) mass is 275 g/mol. The SMILES string of the molecule is CCCCN(CC(=O)N1CCNCC1)c1ccccc1. The number of nitrogens with one attached hydrogen (secondary N) is 1. The summed E-state index contributed by atoms with van der Waals surface area (Å²) in [6.45, 7) is 7.09. The molecule has 0 saturated carbocycles. The smallest absolute Gasteiger partial charge is 0.242 e. The normalized spacial score (nSPS) is 15.2. The fourth-order valence-corrected chi connectivity index (χ4v) is 2.46. The van der Waals surface area contributed by atoms with Gasteiger partial charge in [-0.15, -0.1) is 0 Å². The van der Waals surface area contributed by atoms with E-state index in [0.717, 1.165) is 51.3 Å². The Morgan fingerprint density at radius 2 is 1.95 bits per heavy atom. The number of para-hydroxylation sites is 1. The van der Waals surface area contributed by atoms with E-state index in [-0.39, 0.29) is 5.91 Å². The molecule has 0 radical (unpaired) electrons. The van der Waals surface area contributed by atoms with Crippen molar-refractivity contribution in [2.75, 3.05) is 44.2 Å². The average molecular weight is 275 g/mol. The van der Waals surface area contributed by atoms with Gasteiger partial charge in [-0.1, -0.05) is 31.5 Å². The number of piperazine rings is 1. The van der Waals surface area contributed by atoms with E-state index in [0.29, 0.717) is 6.54 Å². The van der Waals surface area contributed by atoms with Crippen LogP contribution in [0.1, 0.15) is 19.8 Å². The number of hydrogen-bond acceptors (Lipinski definition) is 3. The molecule has 110 valence electrons. The molecule has 0 atom stereocenters. The van der Waals surface area contributed by atoms with Gasteiger partial charge in [-0.25, -0.2) is 0 Å². The summed E-state index contributed by atoms with van der Waals surface area (Å²) in [6.07, 6.45) is 2.26. The predicted molar refractivity (Wildman–Crippen MR) is 83.0 cm³/mol. The second kappa shape index (κ2) is 7.90. The minimum absolute atomic E-state index is 0.242. The Labute approximate surface area is 121 Å². The summed E-state index contributed by atoms with van der Waals surface area (Å²) >= 11 is 0. The summed E-state index contributed by atoms with van der Waals surface area (Å²) in [5.74, 6) is 0.242. The fraction of sp³-hybridized carbons (Fsp3) is 0.562. The summed E-state index contributed by atoms with van der Waals surface area (Å²) in [4.78, 5) is 16.6. The van der Waals surface area contributed by atoms with Crippen LogP contribution in [0.5, 0.6) is 0 Å². The molecule has 1 aromatic carbocycles. The van der Waals surface area contributed by atoms with Crippen LogP contribution in [0.2, 0.25) is 0 Å². The van der Waals surface area contributed by atoms with Crippen molar-refractivity contribution in [1.82, 2.24) is 10.2 Å². The van der Waals surface area contributed by atoms with Gasteiger partial charge in [0, 0.05) is 38.4 Å². The first-order valence-corrected chi connectivity index (χ1v) is 7.59. The van der Waals surface area contributed by atoms with E-state index in [1.807, 2.05) is 23.1 Å². The van der Waals surface area contributed by atoms with Crippen molar-refractivity contribution < 1.29 is 4.79 Å². The fourth-order valence-electron chi connectivity index (χ4n) is 2.46. The first-order valence-electron chi connectivity index (χ1n) is 7.59. The number of benzene rings is 1. The van der Waals surface area contributed by atoms with Crippen LogP contribution in [0.15, 0.2) is 30.3 Å². The van der Waals surface area contributed by atoms with Crippen molar-refractivity contribution >= 4 is 11.6 Å².